The van der Waals surface area contributed by atoms with Crippen LogP contribution in [0.1, 0.15) is 20.1 Å². The average molecular weight is 559 g/mol. The predicted molar refractivity (Wildman–Crippen MR) is 114 cm³/mol. The molecule has 0 saturated carbocycles. The fourth-order valence-electron chi connectivity index (χ4n) is 2.67. The Bertz CT molecular complexity index is 950. The molecule has 0 unspecified atom stereocenters. The van der Waals surface area contributed by atoms with E-state index < -0.39 is 62.2 Å². The maximum atomic E-state index is 15.4. The minimum absolute atomic E-state index is 0.0390. The van der Waals surface area contributed by atoms with E-state index in [0.717, 1.165) is 4.57 Å². The molecule has 160 valence electrons. The molecule has 1 aromatic heterocycles. The van der Waals surface area contributed by atoms with Crippen LogP contribution in [0.3, 0.4) is 0 Å². The van der Waals surface area contributed by atoms with Gasteiger partial charge in [0.25, 0.3) is 0 Å². The van der Waals surface area contributed by atoms with Crippen LogP contribution in [0.4, 0.5) is 10.2 Å². The molecule has 1 aliphatic rings. The molecule has 0 bridgehead atoms. The number of nitrogen functional groups attached to an aromatic ring is 1. The number of halogens is 2. The second-order valence-corrected chi connectivity index (χ2v) is 12.5. The number of esters is 1. The van der Waals surface area contributed by atoms with Gasteiger partial charge < -0.3 is 0 Å². The van der Waals surface area contributed by atoms with Crippen LogP contribution in [0.2, 0.25) is 0 Å². The molecule has 1 aliphatic heterocycles. The van der Waals surface area contributed by atoms with Crippen molar-refractivity contribution in [3.05, 3.63) is 33.2 Å². The third-order valence-corrected chi connectivity index (χ3v) is 5.32. The van der Waals surface area contributed by atoms with Crippen molar-refractivity contribution in [2.75, 3.05) is 18.9 Å². The van der Waals surface area contributed by atoms with E-state index in [1.165, 1.54) is 12.3 Å². The van der Waals surface area contributed by atoms with Gasteiger partial charge in [-0.25, -0.2) is 0 Å². The number of aromatic nitrogens is 2. The zero-order valence-electron chi connectivity index (χ0n) is 15.3. The van der Waals surface area contributed by atoms with Gasteiger partial charge in [0.2, 0.25) is 0 Å². The Hall–Kier alpha value is -1.18. The first-order chi connectivity index (χ1) is 13.6. The summed E-state index contributed by atoms with van der Waals surface area (Å²) in [6.07, 6.45) is -3.48. The molecule has 11 nitrogen and oxygen atoms in total. The number of rotatable bonds is 7. The SMILES string of the molecule is CC(C)C(=O)OC[C@@]1(CN=[N+]=[N-])O[C@@H](n2ccc(N)nc2=O)[C@H](F)[C@@H]1O[S-](#P)I. The van der Waals surface area contributed by atoms with Crippen molar-refractivity contribution < 1.29 is 22.8 Å². The normalized spacial score (nSPS) is 26.4. The number of azide groups is 1. The number of carbonyl (C=O) groups is 1. The summed E-state index contributed by atoms with van der Waals surface area (Å²) in [6.45, 7) is 2.39. The second-order valence-electron chi connectivity index (χ2n) is 6.43. The Morgan fingerprint density at radius 1 is 1.69 bits per heavy atom. The average Bonchev–Trinajstić information content (AvgIpc) is 2.90. The van der Waals surface area contributed by atoms with Gasteiger partial charge in [-0.05, 0) is 0 Å². The van der Waals surface area contributed by atoms with Crippen molar-refractivity contribution in [2.24, 2.45) is 11.0 Å². The van der Waals surface area contributed by atoms with E-state index in [-0.39, 0.29) is 5.82 Å². The van der Waals surface area contributed by atoms with E-state index in [0.29, 0.717) is 0 Å². The summed E-state index contributed by atoms with van der Waals surface area (Å²) in [4.78, 5) is 30.4. The molecular formula is C14H18FIN6O5PS-. The standard InChI is InChI=1S/C14H18FIN6O5PS/c1-7(2)12(23)25-6-14(5-19-21-18)10(27-29(16)28)9(15)11(26-14)22-4-3-8(17)20-13(22)24/h3-4,7,9-11H,5-6H2,1-2H3,(H2,17,20,24)/q-1/t9-,10+,11-,14-/m1/s1. The molecule has 0 amide bonds. The number of alkyl halides is 1. The van der Waals surface area contributed by atoms with Crippen LogP contribution in [0.5, 0.6) is 0 Å². The van der Waals surface area contributed by atoms with Crippen LogP contribution in [-0.2, 0) is 25.8 Å². The van der Waals surface area contributed by atoms with Crippen LogP contribution in [0.25, 0.3) is 10.4 Å². The Morgan fingerprint density at radius 2 is 2.38 bits per heavy atom. The summed E-state index contributed by atoms with van der Waals surface area (Å²) in [6, 6.07) is 1.31. The van der Waals surface area contributed by atoms with Crippen LogP contribution in [0, 0.1) is 5.92 Å². The number of hydrogen-bond donors (Lipinski definition) is 1. The van der Waals surface area contributed by atoms with Gasteiger partial charge in [-0.3, -0.25) is 0 Å². The molecule has 29 heavy (non-hydrogen) atoms. The Balaban J connectivity index is 2.49. The molecule has 4 atom stereocenters. The summed E-state index contributed by atoms with van der Waals surface area (Å²) >= 11 is 1.82. The number of nitrogens with two attached hydrogens (primary N) is 1. The van der Waals surface area contributed by atoms with E-state index >= 15 is 4.39 Å². The molecule has 0 aromatic carbocycles. The van der Waals surface area contributed by atoms with Crippen molar-refractivity contribution in [1.29, 1.82) is 0 Å². The third kappa shape index (κ3) is 5.70. The van der Waals surface area contributed by atoms with Gasteiger partial charge >= 0.3 is 182 Å². The molecule has 0 spiro atoms. The first-order valence-corrected chi connectivity index (χ1v) is 13.0. The summed E-state index contributed by atoms with van der Waals surface area (Å²) in [5.74, 6) is -1.04. The molecule has 0 aliphatic carbocycles. The molecule has 2 N–H and O–H groups in total. The van der Waals surface area contributed by atoms with Gasteiger partial charge in [-0.2, -0.15) is 0 Å². The van der Waals surface area contributed by atoms with Gasteiger partial charge in [-0.1, -0.05) is 0 Å². The Morgan fingerprint density at radius 3 is 2.93 bits per heavy atom. The Labute approximate surface area is 181 Å². The summed E-state index contributed by atoms with van der Waals surface area (Å²) in [5.41, 5.74) is 11.7. The second kappa shape index (κ2) is 10.2. The molecule has 1 aromatic rings. The van der Waals surface area contributed by atoms with Gasteiger partial charge in [0, 0.05) is 0 Å². The van der Waals surface area contributed by atoms with Gasteiger partial charge in [0.15, 0.2) is 0 Å². The summed E-state index contributed by atoms with van der Waals surface area (Å²) in [5, 5.41) is 3.48. The van der Waals surface area contributed by atoms with E-state index in [2.05, 4.69) is 22.8 Å². The number of nitrogens with zero attached hydrogens (tertiary/aromatic N) is 5. The van der Waals surface area contributed by atoms with E-state index in [4.69, 9.17) is 24.9 Å². The van der Waals surface area contributed by atoms with Crippen LogP contribution >= 0.6 is 29.0 Å². The van der Waals surface area contributed by atoms with Crippen molar-refractivity contribution in [3.8, 4) is 0 Å². The van der Waals surface area contributed by atoms with E-state index in [1.807, 2.05) is 21.2 Å². The predicted octanol–water partition coefficient (Wildman–Crippen LogP) is 2.53. The fraction of sp³-hybridized carbons (Fsp3) is 0.643. The molecule has 1 saturated heterocycles. The summed E-state index contributed by atoms with van der Waals surface area (Å²) in [7, 11) is 3.10. The monoisotopic (exact) mass is 559 g/mol. The van der Waals surface area contributed by atoms with Gasteiger partial charge in [-0.15, -0.1) is 0 Å². The Kier molecular flexibility index (Phi) is 8.49. The number of carbonyl (C=O) groups excluding carboxylic acids is 1. The number of anilines is 1. The van der Waals surface area contributed by atoms with Crippen molar-refractivity contribution in [1.82, 2.24) is 9.55 Å². The molecule has 2 rings (SSSR count). The third-order valence-electron chi connectivity index (χ3n) is 4.08. The minimum atomic E-state index is -1.89. The quantitative estimate of drug-likeness (QED) is 0.102. The molecule has 1 fully saturated rings. The van der Waals surface area contributed by atoms with Crippen LogP contribution in [-0.4, -0.2) is 46.5 Å². The molecule has 0 radical (unpaired) electrons. The van der Waals surface area contributed by atoms with Crippen LogP contribution < -0.4 is 11.4 Å². The van der Waals surface area contributed by atoms with E-state index in [1.54, 1.807) is 13.8 Å². The molecular weight excluding hydrogens is 541 g/mol. The first kappa shape index (κ1) is 24.1. The fourth-order valence-corrected chi connectivity index (χ4v) is 4.07. The van der Waals surface area contributed by atoms with Crippen molar-refractivity contribution in [2.45, 2.75) is 38.0 Å². The van der Waals surface area contributed by atoms with Crippen LogP contribution in [0.15, 0.2) is 22.2 Å². The topological polar surface area (TPSA) is 154 Å². The van der Waals surface area contributed by atoms with Crippen molar-refractivity contribution in [3.63, 3.8) is 0 Å². The number of ether oxygens (including phenoxy) is 2. The molecule has 15 heteroatoms. The van der Waals surface area contributed by atoms with Gasteiger partial charge in [0.05, 0.1) is 0 Å². The van der Waals surface area contributed by atoms with Gasteiger partial charge in [0.1, 0.15) is 0 Å². The zero-order chi connectivity index (χ0) is 21.8. The van der Waals surface area contributed by atoms with E-state index in [9.17, 15) is 9.59 Å². The molecule has 2 heterocycles. The summed E-state index contributed by atoms with van der Waals surface area (Å²) < 4.78 is 33.0. The maximum absolute atomic E-state index is 15.4. The zero-order valence-corrected chi connectivity index (χ0v) is 19.2. The first-order valence-electron chi connectivity index (χ1n) is 8.22. The van der Waals surface area contributed by atoms with Crippen molar-refractivity contribution >= 4 is 48.1 Å². The number of hydrogen-bond acceptors (Lipinski definition) is 9.